The Bertz CT molecular complexity index is 1020. The third kappa shape index (κ3) is 4.00. The van der Waals surface area contributed by atoms with Crippen molar-refractivity contribution in [3.8, 4) is 28.0 Å². The lowest BCUT2D eigenvalue weighted by atomic mass is 9.95. The summed E-state index contributed by atoms with van der Waals surface area (Å²) in [6, 6.07) is 17.3. The first kappa shape index (κ1) is 19.1. The first-order chi connectivity index (χ1) is 13.7. The SMILES string of the molecule is CCC(=O)c1c(-c2ccccc2)c(-c2cccc(OCCN=[N+]=[N-])c2)cn1N. The lowest BCUT2D eigenvalue weighted by Gasteiger charge is -2.10. The summed E-state index contributed by atoms with van der Waals surface area (Å²) in [4.78, 5) is 15.3. The summed E-state index contributed by atoms with van der Waals surface area (Å²) >= 11 is 0. The van der Waals surface area contributed by atoms with Gasteiger partial charge in [0.05, 0.1) is 13.2 Å². The molecule has 0 bridgehead atoms. The van der Waals surface area contributed by atoms with E-state index in [2.05, 4.69) is 10.0 Å². The maximum Gasteiger partial charge on any atom is 0.181 e. The monoisotopic (exact) mass is 375 g/mol. The summed E-state index contributed by atoms with van der Waals surface area (Å²) in [5.41, 5.74) is 12.3. The van der Waals surface area contributed by atoms with Gasteiger partial charge < -0.3 is 10.6 Å². The van der Waals surface area contributed by atoms with Crippen LogP contribution in [0.25, 0.3) is 32.7 Å². The second-order valence-electron chi connectivity index (χ2n) is 6.15. The predicted octanol–water partition coefficient (Wildman–Crippen LogP) is 4.82. The zero-order chi connectivity index (χ0) is 19.9. The second kappa shape index (κ2) is 8.79. The molecule has 28 heavy (non-hydrogen) atoms. The van der Waals surface area contributed by atoms with Crippen molar-refractivity contribution in [2.24, 2.45) is 5.11 Å². The van der Waals surface area contributed by atoms with Gasteiger partial charge >= 0.3 is 0 Å². The van der Waals surface area contributed by atoms with Gasteiger partial charge in [0.25, 0.3) is 0 Å². The quantitative estimate of drug-likeness (QED) is 0.152. The summed E-state index contributed by atoms with van der Waals surface area (Å²) in [6.07, 6.45) is 2.13. The highest BCUT2D eigenvalue weighted by Gasteiger charge is 2.22. The van der Waals surface area contributed by atoms with Crippen molar-refractivity contribution in [1.29, 1.82) is 0 Å². The van der Waals surface area contributed by atoms with Gasteiger partial charge in [0.2, 0.25) is 0 Å². The van der Waals surface area contributed by atoms with Crippen LogP contribution in [0.3, 0.4) is 0 Å². The van der Waals surface area contributed by atoms with Crippen LogP contribution in [0, 0.1) is 0 Å². The van der Waals surface area contributed by atoms with Gasteiger partial charge in [-0.3, -0.25) is 9.47 Å². The van der Waals surface area contributed by atoms with Crippen molar-refractivity contribution in [2.75, 3.05) is 19.0 Å². The number of Topliss-reactive ketones (excluding diaryl/α,β-unsaturated/α-hetero) is 1. The molecule has 0 fully saturated rings. The number of benzene rings is 2. The van der Waals surface area contributed by atoms with Crippen LogP contribution in [0.4, 0.5) is 0 Å². The lowest BCUT2D eigenvalue weighted by Crippen LogP contribution is -2.15. The van der Waals surface area contributed by atoms with Crippen LogP contribution in [-0.2, 0) is 0 Å². The molecule has 0 spiro atoms. The maximum absolute atomic E-state index is 12.6. The molecule has 3 rings (SSSR count). The largest absolute Gasteiger partial charge is 0.493 e. The third-order valence-corrected chi connectivity index (χ3v) is 4.35. The molecule has 142 valence electrons. The molecular formula is C21H21N5O2. The Labute approximate surface area is 163 Å². The van der Waals surface area contributed by atoms with Crippen LogP contribution in [0.2, 0.25) is 0 Å². The highest BCUT2D eigenvalue weighted by molar-refractivity contribution is 6.05. The fourth-order valence-electron chi connectivity index (χ4n) is 3.09. The number of azide groups is 1. The number of carbonyl (C=O) groups is 1. The summed E-state index contributed by atoms with van der Waals surface area (Å²) in [6.45, 7) is 2.36. The van der Waals surface area contributed by atoms with Crippen molar-refractivity contribution >= 4 is 5.78 Å². The molecule has 3 aromatic rings. The van der Waals surface area contributed by atoms with Crippen LogP contribution in [0.5, 0.6) is 5.75 Å². The van der Waals surface area contributed by atoms with E-state index in [9.17, 15) is 4.79 Å². The molecule has 2 N–H and O–H groups in total. The molecule has 0 aliphatic rings. The van der Waals surface area contributed by atoms with E-state index in [-0.39, 0.29) is 18.9 Å². The van der Waals surface area contributed by atoms with Crippen molar-refractivity contribution < 1.29 is 9.53 Å². The Hall–Kier alpha value is -3.70. The van der Waals surface area contributed by atoms with Crippen LogP contribution in [0.1, 0.15) is 23.8 Å². The summed E-state index contributed by atoms with van der Waals surface area (Å²) in [5, 5.41) is 3.46. The van der Waals surface area contributed by atoms with Crippen LogP contribution in [0.15, 0.2) is 65.9 Å². The molecule has 0 unspecified atom stereocenters. The lowest BCUT2D eigenvalue weighted by molar-refractivity contribution is 0.0982. The van der Waals surface area contributed by atoms with E-state index in [1.54, 1.807) is 6.20 Å². The molecule has 0 saturated heterocycles. The number of nitrogen functional groups attached to an aromatic ring is 1. The van der Waals surface area contributed by atoms with E-state index in [1.807, 2.05) is 61.5 Å². The Morgan fingerprint density at radius 2 is 1.93 bits per heavy atom. The number of ether oxygens (including phenoxy) is 1. The highest BCUT2D eigenvalue weighted by atomic mass is 16.5. The van der Waals surface area contributed by atoms with E-state index >= 15 is 0 Å². The maximum atomic E-state index is 12.6. The average Bonchev–Trinajstić information content (AvgIpc) is 3.08. The predicted molar refractivity (Wildman–Crippen MR) is 110 cm³/mol. The van der Waals surface area contributed by atoms with Crippen molar-refractivity contribution in [3.05, 3.63) is 76.9 Å². The van der Waals surface area contributed by atoms with Crippen molar-refractivity contribution in [3.63, 3.8) is 0 Å². The zero-order valence-electron chi connectivity index (χ0n) is 15.6. The van der Waals surface area contributed by atoms with Gasteiger partial charge in [-0.25, -0.2) is 0 Å². The molecule has 0 aliphatic carbocycles. The second-order valence-corrected chi connectivity index (χ2v) is 6.15. The van der Waals surface area contributed by atoms with E-state index in [1.165, 1.54) is 4.68 Å². The first-order valence-corrected chi connectivity index (χ1v) is 8.98. The number of aromatic nitrogens is 1. The fourth-order valence-corrected chi connectivity index (χ4v) is 3.09. The summed E-state index contributed by atoms with van der Waals surface area (Å²) < 4.78 is 7.05. The van der Waals surface area contributed by atoms with Gasteiger partial charge in [-0.2, -0.15) is 0 Å². The summed E-state index contributed by atoms with van der Waals surface area (Å²) in [7, 11) is 0. The number of carbonyl (C=O) groups excluding carboxylic acids is 1. The van der Waals surface area contributed by atoms with Gasteiger partial charge in [-0.1, -0.05) is 54.5 Å². The molecule has 2 aromatic carbocycles. The highest BCUT2D eigenvalue weighted by Crippen LogP contribution is 2.37. The van der Waals surface area contributed by atoms with E-state index in [0.717, 1.165) is 22.3 Å². The van der Waals surface area contributed by atoms with Crippen molar-refractivity contribution in [1.82, 2.24) is 4.68 Å². The number of nitrogens with zero attached hydrogens (tertiary/aromatic N) is 4. The van der Waals surface area contributed by atoms with Crippen LogP contribution < -0.4 is 10.6 Å². The Balaban J connectivity index is 2.07. The molecule has 1 aromatic heterocycles. The minimum Gasteiger partial charge on any atom is -0.493 e. The Morgan fingerprint density at radius 3 is 2.64 bits per heavy atom. The van der Waals surface area contributed by atoms with E-state index in [0.29, 0.717) is 17.9 Å². The molecule has 0 aliphatic heterocycles. The number of rotatable bonds is 8. The molecule has 0 radical (unpaired) electrons. The fraction of sp³-hybridized carbons (Fsp3) is 0.190. The van der Waals surface area contributed by atoms with Gasteiger partial charge in [0.1, 0.15) is 11.4 Å². The van der Waals surface area contributed by atoms with Crippen LogP contribution in [-0.4, -0.2) is 23.6 Å². The normalized spacial score (nSPS) is 10.3. The minimum absolute atomic E-state index is 0.0191. The van der Waals surface area contributed by atoms with Gasteiger partial charge in [0.15, 0.2) is 5.78 Å². The topological polar surface area (TPSA) is 106 Å². The molecule has 0 saturated carbocycles. The average molecular weight is 375 g/mol. The molecule has 7 nitrogen and oxygen atoms in total. The van der Waals surface area contributed by atoms with E-state index in [4.69, 9.17) is 16.1 Å². The van der Waals surface area contributed by atoms with Gasteiger partial charge in [-0.15, -0.1) is 0 Å². The Morgan fingerprint density at radius 1 is 1.18 bits per heavy atom. The molecule has 0 amide bonds. The third-order valence-electron chi connectivity index (χ3n) is 4.35. The van der Waals surface area contributed by atoms with E-state index < -0.39 is 0 Å². The summed E-state index contributed by atoms with van der Waals surface area (Å²) in [5.74, 6) is 6.79. The van der Waals surface area contributed by atoms with Crippen LogP contribution >= 0.6 is 0 Å². The first-order valence-electron chi connectivity index (χ1n) is 8.98. The standard InChI is InChI=1S/C21H21N5O2/c1-2-19(27)21-20(15-7-4-3-5-8-15)18(14-26(21)23)16-9-6-10-17(13-16)28-12-11-24-25-22/h3-10,13-14H,2,11-12,23H2,1H3. The smallest absolute Gasteiger partial charge is 0.181 e. The molecule has 1 heterocycles. The number of hydrogen-bond acceptors (Lipinski definition) is 4. The minimum atomic E-state index is -0.0191. The van der Waals surface area contributed by atoms with Crippen molar-refractivity contribution in [2.45, 2.75) is 13.3 Å². The Kier molecular flexibility index (Phi) is 5.99. The van der Waals surface area contributed by atoms with Gasteiger partial charge in [0, 0.05) is 28.7 Å². The molecule has 0 atom stereocenters. The molecule has 7 heteroatoms. The number of nitrogens with two attached hydrogens (primary N) is 1. The number of hydrogen-bond donors (Lipinski definition) is 1. The molecular weight excluding hydrogens is 354 g/mol. The zero-order valence-corrected chi connectivity index (χ0v) is 15.6. The van der Waals surface area contributed by atoms with Gasteiger partial charge in [-0.05, 0) is 28.8 Å². The number of ketones is 1.